The van der Waals surface area contributed by atoms with Gasteiger partial charge in [0.05, 0.1) is 6.10 Å². The third kappa shape index (κ3) is 29.8. The van der Waals surface area contributed by atoms with Gasteiger partial charge in [0.1, 0.15) is 6.04 Å². The molecule has 0 aliphatic rings. The highest BCUT2D eigenvalue weighted by atomic mass is 16.3. The Morgan fingerprint density at radius 2 is 0.940 bits per heavy atom. The van der Waals surface area contributed by atoms with Gasteiger partial charge < -0.3 is 15.7 Å². The predicted molar refractivity (Wildman–Crippen MR) is 216 cm³/mol. The second kappa shape index (κ2) is 35.5. The lowest BCUT2D eigenvalue weighted by Crippen LogP contribution is -2.48. The highest BCUT2D eigenvalue weighted by molar-refractivity contribution is 5.87. The van der Waals surface area contributed by atoms with Gasteiger partial charge in [0.2, 0.25) is 11.8 Å². The smallest absolute Gasteiger partial charge is 0.242 e. The number of aliphatic hydroxyl groups excluding tert-OH is 1. The van der Waals surface area contributed by atoms with Crippen LogP contribution in [0.4, 0.5) is 0 Å². The summed E-state index contributed by atoms with van der Waals surface area (Å²) >= 11 is 0. The van der Waals surface area contributed by atoms with Crippen LogP contribution in [0, 0.1) is 0 Å². The molecule has 2 amide bonds. The molecular weight excluding hydrogens is 617 g/mol. The Morgan fingerprint density at radius 3 is 1.42 bits per heavy atom. The van der Waals surface area contributed by atoms with E-state index in [9.17, 15) is 14.7 Å². The van der Waals surface area contributed by atoms with Crippen molar-refractivity contribution in [3.8, 4) is 0 Å². The second-order valence-corrected chi connectivity index (χ2v) is 15.3. The van der Waals surface area contributed by atoms with E-state index in [4.69, 9.17) is 0 Å². The molecule has 1 aromatic carbocycles. The number of nitrogens with one attached hydrogen (secondary N) is 2. The van der Waals surface area contributed by atoms with E-state index in [1.54, 1.807) is 0 Å². The zero-order chi connectivity index (χ0) is 36.2. The van der Waals surface area contributed by atoms with E-state index in [-0.39, 0.29) is 17.9 Å². The fourth-order valence-corrected chi connectivity index (χ4v) is 7.01. The summed E-state index contributed by atoms with van der Waals surface area (Å²) in [5, 5.41) is 16.3. The summed E-state index contributed by atoms with van der Waals surface area (Å²) in [7, 11) is 0. The van der Waals surface area contributed by atoms with Crippen LogP contribution in [0.2, 0.25) is 0 Å². The minimum absolute atomic E-state index is 0.0169. The Labute approximate surface area is 310 Å². The molecule has 5 nitrogen and oxygen atoms in total. The van der Waals surface area contributed by atoms with E-state index in [1.807, 2.05) is 30.3 Å². The molecule has 0 spiro atoms. The van der Waals surface area contributed by atoms with E-state index < -0.39 is 6.04 Å². The first-order valence-electron chi connectivity index (χ1n) is 21.9. The third-order valence-electron chi connectivity index (χ3n) is 10.3. The molecule has 2 atom stereocenters. The van der Waals surface area contributed by atoms with Crippen molar-refractivity contribution in [2.75, 3.05) is 6.54 Å². The quantitative estimate of drug-likeness (QED) is 0.0605. The molecule has 1 unspecified atom stereocenters. The number of carbonyl (C=O) groups is 2. The molecular formula is C45H82N2O3. The average molecular weight is 699 g/mol. The van der Waals surface area contributed by atoms with Crippen molar-refractivity contribution in [2.45, 2.75) is 231 Å². The first kappa shape index (κ1) is 46.1. The van der Waals surface area contributed by atoms with Gasteiger partial charge in [0, 0.05) is 19.4 Å². The molecule has 0 fully saturated rings. The van der Waals surface area contributed by atoms with Gasteiger partial charge in [-0.15, -0.1) is 0 Å². The number of amides is 2. The summed E-state index contributed by atoms with van der Waals surface area (Å²) in [4.78, 5) is 26.0. The molecule has 1 aromatic rings. The highest BCUT2D eigenvalue weighted by Gasteiger charge is 2.20. The van der Waals surface area contributed by atoms with E-state index in [0.717, 1.165) is 63.4 Å². The maximum absolute atomic E-state index is 13.1. The maximum atomic E-state index is 13.1. The first-order valence-corrected chi connectivity index (χ1v) is 21.9. The molecule has 0 aromatic heterocycles. The molecule has 0 bridgehead atoms. The van der Waals surface area contributed by atoms with Crippen molar-refractivity contribution >= 4 is 11.8 Å². The van der Waals surface area contributed by atoms with E-state index in [1.165, 1.54) is 135 Å². The fraction of sp³-hybridized carbons (Fsp3) is 0.822. The summed E-state index contributed by atoms with van der Waals surface area (Å²) in [6, 6.07) is 9.48. The van der Waals surface area contributed by atoms with Gasteiger partial charge in [-0.05, 0) is 31.2 Å². The molecule has 50 heavy (non-hydrogen) atoms. The van der Waals surface area contributed by atoms with Crippen molar-refractivity contribution in [2.24, 2.45) is 0 Å². The van der Waals surface area contributed by atoms with Crippen LogP contribution < -0.4 is 10.6 Å². The molecule has 0 aliphatic heterocycles. The van der Waals surface area contributed by atoms with Crippen LogP contribution in [0.25, 0.3) is 0 Å². The van der Waals surface area contributed by atoms with E-state index in [0.29, 0.717) is 19.4 Å². The normalized spacial score (nSPS) is 12.5. The van der Waals surface area contributed by atoms with Gasteiger partial charge in [0.25, 0.3) is 0 Å². The summed E-state index contributed by atoms with van der Waals surface area (Å²) in [5.74, 6) is -0.0797. The monoisotopic (exact) mass is 699 g/mol. The number of hydrogen-bond acceptors (Lipinski definition) is 3. The van der Waals surface area contributed by atoms with Gasteiger partial charge in [-0.2, -0.15) is 0 Å². The Morgan fingerprint density at radius 1 is 0.540 bits per heavy atom. The van der Waals surface area contributed by atoms with Gasteiger partial charge in [0.15, 0.2) is 0 Å². The Bertz CT molecular complexity index is 876. The first-order chi connectivity index (χ1) is 24.6. The SMILES string of the molecule is CCCCCCCCCCCCCCCCCCNC(=O)[C@H](Cc1ccccc1)NC(=O)CCCCCCCCCCC(O)CCCCCC. The predicted octanol–water partition coefficient (Wildman–Crippen LogP) is 12.3. The number of hydrogen-bond donors (Lipinski definition) is 3. The van der Waals surface area contributed by atoms with Crippen LogP contribution >= 0.6 is 0 Å². The Hall–Kier alpha value is -1.88. The molecule has 0 aliphatic carbocycles. The number of benzene rings is 1. The lowest BCUT2D eigenvalue weighted by Gasteiger charge is -2.19. The largest absolute Gasteiger partial charge is 0.393 e. The van der Waals surface area contributed by atoms with Gasteiger partial charge in [-0.25, -0.2) is 0 Å². The molecule has 1 rings (SSSR count). The molecule has 0 heterocycles. The fourth-order valence-electron chi connectivity index (χ4n) is 7.01. The van der Waals surface area contributed by atoms with Crippen molar-refractivity contribution in [3.05, 3.63) is 35.9 Å². The number of rotatable bonds is 37. The van der Waals surface area contributed by atoms with Crippen LogP contribution in [0.1, 0.15) is 218 Å². The molecule has 5 heteroatoms. The van der Waals surface area contributed by atoms with Crippen LogP contribution in [0.15, 0.2) is 30.3 Å². The topological polar surface area (TPSA) is 78.4 Å². The van der Waals surface area contributed by atoms with Crippen molar-refractivity contribution < 1.29 is 14.7 Å². The Kier molecular flexibility index (Phi) is 32.8. The third-order valence-corrected chi connectivity index (χ3v) is 10.3. The van der Waals surface area contributed by atoms with E-state index >= 15 is 0 Å². The van der Waals surface area contributed by atoms with Gasteiger partial charge >= 0.3 is 0 Å². The standard InChI is InChI=1S/C45H82N2O3/c1-3-5-7-9-10-11-12-13-14-15-16-17-20-23-26-33-39-46-45(50)43(40-41-34-28-27-29-35-41)47-44(49)38-32-25-22-19-18-21-24-31-37-42(48)36-30-8-6-4-2/h27-29,34-35,42-43,48H,3-26,30-33,36-40H2,1-2H3,(H,46,50)(H,47,49)/t42?,43-/m0/s1. The zero-order valence-electron chi connectivity index (χ0n) is 33.1. The number of aliphatic hydroxyl groups is 1. The minimum Gasteiger partial charge on any atom is -0.393 e. The van der Waals surface area contributed by atoms with Gasteiger partial charge in [-0.3, -0.25) is 9.59 Å². The van der Waals surface area contributed by atoms with Crippen molar-refractivity contribution in [3.63, 3.8) is 0 Å². The lowest BCUT2D eigenvalue weighted by molar-refractivity contribution is -0.129. The average Bonchev–Trinajstić information content (AvgIpc) is 3.12. The molecule has 3 N–H and O–H groups in total. The zero-order valence-corrected chi connectivity index (χ0v) is 33.1. The number of unbranched alkanes of at least 4 members (excludes halogenated alkanes) is 25. The summed E-state index contributed by atoms with van der Waals surface area (Å²) in [5.41, 5.74) is 1.07. The Balaban J connectivity index is 2.11. The van der Waals surface area contributed by atoms with Crippen LogP contribution in [-0.4, -0.2) is 35.6 Å². The van der Waals surface area contributed by atoms with E-state index in [2.05, 4.69) is 24.5 Å². The summed E-state index contributed by atoms with van der Waals surface area (Å²) < 4.78 is 0. The van der Waals surface area contributed by atoms with Crippen molar-refractivity contribution in [1.82, 2.24) is 10.6 Å². The minimum atomic E-state index is -0.527. The number of carbonyl (C=O) groups excluding carboxylic acids is 2. The van der Waals surface area contributed by atoms with Gasteiger partial charge in [-0.1, -0.05) is 211 Å². The summed E-state index contributed by atoms with van der Waals surface area (Å²) in [6.07, 6.45) is 38.3. The molecule has 0 saturated carbocycles. The van der Waals surface area contributed by atoms with Crippen LogP contribution in [0.5, 0.6) is 0 Å². The van der Waals surface area contributed by atoms with Crippen LogP contribution in [0.3, 0.4) is 0 Å². The lowest BCUT2D eigenvalue weighted by atomic mass is 10.0. The van der Waals surface area contributed by atoms with Crippen molar-refractivity contribution in [1.29, 1.82) is 0 Å². The highest BCUT2D eigenvalue weighted by Crippen LogP contribution is 2.16. The maximum Gasteiger partial charge on any atom is 0.242 e. The second-order valence-electron chi connectivity index (χ2n) is 15.3. The van der Waals surface area contributed by atoms with Crippen LogP contribution in [-0.2, 0) is 16.0 Å². The molecule has 0 saturated heterocycles. The molecule has 0 radical (unpaired) electrons. The summed E-state index contributed by atoms with van der Waals surface area (Å²) in [6.45, 7) is 5.18. The molecule has 290 valence electrons.